The summed E-state index contributed by atoms with van der Waals surface area (Å²) in [5.41, 5.74) is 1.80. The van der Waals surface area contributed by atoms with E-state index < -0.39 is 0 Å². The summed E-state index contributed by atoms with van der Waals surface area (Å²) in [6.45, 7) is 2.72. The summed E-state index contributed by atoms with van der Waals surface area (Å²) in [7, 11) is 3.94. The Hall–Kier alpha value is -1.69. The lowest BCUT2D eigenvalue weighted by Crippen LogP contribution is -2.20. The van der Waals surface area contributed by atoms with Gasteiger partial charge in [0, 0.05) is 26.6 Å². The minimum absolute atomic E-state index is 0.204. The summed E-state index contributed by atoms with van der Waals surface area (Å²) in [5.74, 6) is 1.18. The number of aromatic nitrogens is 4. The highest BCUT2D eigenvalue weighted by Crippen LogP contribution is 2.29. The summed E-state index contributed by atoms with van der Waals surface area (Å²) < 4.78 is 1.93. The monoisotopic (exact) mass is 275 g/mol. The first-order valence-electron chi connectivity index (χ1n) is 7.11. The second kappa shape index (κ2) is 5.01. The first-order chi connectivity index (χ1) is 9.58. The third-order valence-electron chi connectivity index (χ3n) is 4.13. The molecule has 1 aliphatic carbocycles. The third kappa shape index (κ3) is 2.14. The molecule has 1 saturated carbocycles. The first kappa shape index (κ1) is 13.3. The molecule has 1 fully saturated rings. The number of anilines is 1. The number of aliphatic hydroxyl groups excluding tert-OH is 1. The maximum atomic E-state index is 9.99. The summed E-state index contributed by atoms with van der Waals surface area (Å²) >= 11 is 0. The normalized spacial score (nSPS) is 22.6. The fraction of sp³-hybridized carbons (Fsp3) is 0.643. The maximum absolute atomic E-state index is 9.99. The molecule has 0 aromatic carbocycles. The van der Waals surface area contributed by atoms with E-state index >= 15 is 0 Å². The van der Waals surface area contributed by atoms with Crippen LogP contribution in [0.5, 0.6) is 0 Å². The van der Waals surface area contributed by atoms with E-state index in [1.54, 1.807) is 6.33 Å². The fourth-order valence-electron chi connectivity index (χ4n) is 3.08. The van der Waals surface area contributed by atoms with E-state index in [2.05, 4.69) is 15.1 Å². The van der Waals surface area contributed by atoms with Crippen LogP contribution >= 0.6 is 0 Å². The predicted octanol–water partition coefficient (Wildman–Crippen LogP) is 1.36. The van der Waals surface area contributed by atoms with Gasteiger partial charge in [0.2, 0.25) is 0 Å². The van der Waals surface area contributed by atoms with Crippen LogP contribution in [0.25, 0.3) is 11.0 Å². The van der Waals surface area contributed by atoms with Crippen molar-refractivity contribution in [3.63, 3.8) is 0 Å². The van der Waals surface area contributed by atoms with Crippen molar-refractivity contribution in [2.75, 3.05) is 19.0 Å². The van der Waals surface area contributed by atoms with Gasteiger partial charge in [-0.15, -0.1) is 0 Å². The molecular weight excluding hydrogens is 254 g/mol. The highest BCUT2D eigenvalue weighted by atomic mass is 16.3. The summed E-state index contributed by atoms with van der Waals surface area (Å²) in [6.07, 6.45) is 4.45. The van der Waals surface area contributed by atoms with Crippen LogP contribution in [-0.2, 0) is 6.54 Å². The number of hydrogen-bond donors (Lipinski definition) is 1. The van der Waals surface area contributed by atoms with Gasteiger partial charge in [0.25, 0.3) is 0 Å². The Balaban J connectivity index is 2.02. The summed E-state index contributed by atoms with van der Waals surface area (Å²) in [5, 5.41) is 15.6. The van der Waals surface area contributed by atoms with Crippen LogP contribution in [0.2, 0.25) is 0 Å². The average Bonchev–Trinajstić information content (AvgIpc) is 2.95. The lowest BCUT2D eigenvalue weighted by molar-refractivity contribution is 0.121. The van der Waals surface area contributed by atoms with Crippen molar-refractivity contribution in [3.05, 3.63) is 12.0 Å². The van der Waals surface area contributed by atoms with E-state index in [4.69, 9.17) is 0 Å². The lowest BCUT2D eigenvalue weighted by atomic mass is 10.1. The minimum Gasteiger partial charge on any atom is -0.393 e. The molecule has 1 aliphatic rings. The Kier molecular flexibility index (Phi) is 3.33. The van der Waals surface area contributed by atoms with Gasteiger partial charge >= 0.3 is 0 Å². The molecule has 2 heterocycles. The van der Waals surface area contributed by atoms with Crippen LogP contribution in [0.1, 0.15) is 25.0 Å². The number of rotatable bonds is 3. The first-order valence-corrected chi connectivity index (χ1v) is 7.11. The maximum Gasteiger partial charge on any atom is 0.163 e. The quantitative estimate of drug-likeness (QED) is 0.916. The minimum atomic E-state index is -0.204. The zero-order valence-corrected chi connectivity index (χ0v) is 12.2. The largest absolute Gasteiger partial charge is 0.393 e. The third-order valence-corrected chi connectivity index (χ3v) is 4.13. The van der Waals surface area contributed by atoms with Gasteiger partial charge < -0.3 is 10.0 Å². The van der Waals surface area contributed by atoms with Crippen molar-refractivity contribution in [3.8, 4) is 0 Å². The molecule has 20 heavy (non-hydrogen) atoms. The van der Waals surface area contributed by atoms with Crippen molar-refractivity contribution < 1.29 is 5.11 Å². The van der Waals surface area contributed by atoms with Crippen LogP contribution in [0.3, 0.4) is 0 Å². The smallest absolute Gasteiger partial charge is 0.163 e. The van der Waals surface area contributed by atoms with E-state index in [0.29, 0.717) is 0 Å². The van der Waals surface area contributed by atoms with Crippen molar-refractivity contribution in [2.24, 2.45) is 5.92 Å². The summed E-state index contributed by atoms with van der Waals surface area (Å²) in [4.78, 5) is 10.7. The van der Waals surface area contributed by atoms with Crippen molar-refractivity contribution in [1.29, 1.82) is 0 Å². The highest BCUT2D eigenvalue weighted by Gasteiger charge is 2.27. The van der Waals surface area contributed by atoms with Crippen LogP contribution in [0.15, 0.2) is 6.33 Å². The molecule has 0 aliphatic heterocycles. The van der Waals surface area contributed by atoms with Crippen LogP contribution < -0.4 is 4.90 Å². The second-order valence-corrected chi connectivity index (χ2v) is 5.82. The Morgan fingerprint density at radius 2 is 2.15 bits per heavy atom. The van der Waals surface area contributed by atoms with E-state index in [0.717, 1.165) is 48.4 Å². The predicted molar refractivity (Wildman–Crippen MR) is 77.7 cm³/mol. The van der Waals surface area contributed by atoms with Crippen LogP contribution in [-0.4, -0.2) is 45.1 Å². The number of hydrogen-bond acceptors (Lipinski definition) is 5. The molecule has 2 atom stereocenters. The van der Waals surface area contributed by atoms with E-state index in [9.17, 15) is 5.11 Å². The Morgan fingerprint density at radius 3 is 2.80 bits per heavy atom. The lowest BCUT2D eigenvalue weighted by Gasteiger charge is -2.15. The molecule has 1 N–H and O–H groups in total. The molecule has 0 radical (unpaired) electrons. The molecule has 2 aromatic heterocycles. The molecule has 3 rings (SSSR count). The van der Waals surface area contributed by atoms with E-state index in [-0.39, 0.29) is 12.0 Å². The Labute approximate surface area is 118 Å². The number of aryl methyl sites for hydroxylation is 1. The molecule has 6 heteroatoms. The molecule has 0 amide bonds. The number of nitrogens with zero attached hydrogens (tertiary/aromatic N) is 5. The standard InChI is InChI=1S/C14H21N5O/c1-9-12-13(18(2)3)15-8-16-14(12)19(17-9)7-10-5-4-6-11(10)20/h8,10-11,20H,4-7H2,1-3H3. The van der Waals surface area contributed by atoms with Gasteiger partial charge in [-0.25, -0.2) is 14.6 Å². The Morgan fingerprint density at radius 1 is 1.35 bits per heavy atom. The molecule has 6 nitrogen and oxygen atoms in total. The molecule has 2 aromatic rings. The van der Waals surface area contributed by atoms with Gasteiger partial charge in [0.15, 0.2) is 5.65 Å². The molecule has 0 spiro atoms. The van der Waals surface area contributed by atoms with Gasteiger partial charge in [0.05, 0.1) is 17.2 Å². The molecule has 0 bridgehead atoms. The number of fused-ring (bicyclic) bond motifs is 1. The number of aliphatic hydroxyl groups is 1. The van der Waals surface area contributed by atoms with Gasteiger partial charge in [-0.2, -0.15) is 5.10 Å². The van der Waals surface area contributed by atoms with Gasteiger partial charge in [0.1, 0.15) is 12.1 Å². The topological polar surface area (TPSA) is 67.1 Å². The second-order valence-electron chi connectivity index (χ2n) is 5.82. The van der Waals surface area contributed by atoms with E-state index in [1.165, 1.54) is 0 Å². The van der Waals surface area contributed by atoms with Gasteiger partial charge in [-0.3, -0.25) is 0 Å². The molecule has 2 unspecified atom stereocenters. The van der Waals surface area contributed by atoms with E-state index in [1.807, 2.05) is 30.6 Å². The van der Waals surface area contributed by atoms with Crippen LogP contribution in [0, 0.1) is 12.8 Å². The summed E-state index contributed by atoms with van der Waals surface area (Å²) in [6, 6.07) is 0. The van der Waals surface area contributed by atoms with Gasteiger partial charge in [-0.1, -0.05) is 6.42 Å². The van der Waals surface area contributed by atoms with Crippen molar-refractivity contribution in [2.45, 2.75) is 38.8 Å². The van der Waals surface area contributed by atoms with Crippen molar-refractivity contribution >= 4 is 16.9 Å². The van der Waals surface area contributed by atoms with Gasteiger partial charge in [-0.05, 0) is 19.8 Å². The zero-order chi connectivity index (χ0) is 14.3. The zero-order valence-electron chi connectivity index (χ0n) is 12.2. The highest BCUT2D eigenvalue weighted by molar-refractivity contribution is 5.89. The average molecular weight is 275 g/mol. The molecule has 0 saturated heterocycles. The molecule has 108 valence electrons. The van der Waals surface area contributed by atoms with Crippen LogP contribution in [0.4, 0.5) is 5.82 Å². The molecular formula is C14H21N5O. The SMILES string of the molecule is Cc1nn(CC2CCCC2O)c2ncnc(N(C)C)c12. The fourth-order valence-corrected chi connectivity index (χ4v) is 3.08. The Bertz CT molecular complexity index is 621. The van der Waals surface area contributed by atoms with Crippen molar-refractivity contribution in [1.82, 2.24) is 19.7 Å².